The Bertz CT molecular complexity index is 203. The average molecular weight is 171 g/mol. The van der Waals surface area contributed by atoms with Crippen molar-refractivity contribution in [3.05, 3.63) is 11.6 Å². The van der Waals surface area contributed by atoms with Gasteiger partial charge in [-0.2, -0.15) is 0 Å². The molecule has 0 aromatic carbocycles. The Kier molecular flexibility index (Phi) is 1.57. The molecule has 2 atom stereocenters. The first-order valence-electron chi connectivity index (χ1n) is 4.40. The third-order valence-corrected chi connectivity index (χ3v) is 3.95. The summed E-state index contributed by atoms with van der Waals surface area (Å²) in [5.41, 5.74) is 2.09. The summed E-state index contributed by atoms with van der Waals surface area (Å²) in [4.78, 5) is 0. The number of rotatable bonds is 1. The van der Waals surface area contributed by atoms with E-state index < -0.39 is 0 Å². The van der Waals surface area contributed by atoms with Crippen LogP contribution in [0.5, 0.6) is 0 Å². The van der Waals surface area contributed by atoms with Crippen LogP contribution in [0, 0.1) is 17.3 Å². The number of allylic oxidation sites excluding steroid dienone is 2. The number of halogens is 1. The average Bonchev–Trinajstić information content (AvgIpc) is 2.55. The van der Waals surface area contributed by atoms with Crippen LogP contribution >= 0.6 is 11.6 Å². The van der Waals surface area contributed by atoms with Crippen LogP contribution < -0.4 is 0 Å². The molecule has 0 unspecified atom stereocenters. The molecule has 0 aromatic heterocycles. The second kappa shape index (κ2) is 2.26. The van der Waals surface area contributed by atoms with E-state index in [2.05, 4.69) is 19.9 Å². The van der Waals surface area contributed by atoms with E-state index in [0.29, 0.717) is 5.41 Å². The lowest BCUT2D eigenvalue weighted by Crippen LogP contribution is -1.95. The Hall–Kier alpha value is 0.0300. The van der Waals surface area contributed by atoms with Gasteiger partial charge in [-0.1, -0.05) is 25.5 Å². The maximum Gasteiger partial charge on any atom is 0.0433 e. The Morgan fingerprint density at radius 1 is 1.55 bits per heavy atom. The van der Waals surface area contributed by atoms with Crippen LogP contribution in [0.2, 0.25) is 0 Å². The first-order valence-corrected chi connectivity index (χ1v) is 4.93. The van der Waals surface area contributed by atoms with Crippen molar-refractivity contribution in [2.75, 3.05) is 5.88 Å². The van der Waals surface area contributed by atoms with Crippen molar-refractivity contribution in [1.82, 2.24) is 0 Å². The van der Waals surface area contributed by atoms with Crippen LogP contribution in [0.4, 0.5) is 0 Å². The SMILES string of the molecule is CC1(C)[C@@H]2CC=C(CCl)C[C@@H]21. The third-order valence-electron chi connectivity index (χ3n) is 3.60. The molecular formula is C10H15Cl. The minimum absolute atomic E-state index is 0.615. The molecule has 1 heteroatoms. The van der Waals surface area contributed by atoms with Crippen molar-refractivity contribution < 1.29 is 0 Å². The predicted molar refractivity (Wildman–Crippen MR) is 48.8 cm³/mol. The monoisotopic (exact) mass is 170 g/mol. The van der Waals surface area contributed by atoms with Gasteiger partial charge in [0.05, 0.1) is 0 Å². The van der Waals surface area contributed by atoms with E-state index in [9.17, 15) is 0 Å². The van der Waals surface area contributed by atoms with Gasteiger partial charge in [-0.3, -0.25) is 0 Å². The fourth-order valence-electron chi connectivity index (χ4n) is 2.50. The zero-order valence-electron chi connectivity index (χ0n) is 7.23. The topological polar surface area (TPSA) is 0 Å². The standard InChI is InChI=1S/C10H15Cl/c1-10(2)8-4-3-7(6-11)5-9(8)10/h3,8-9H,4-6H2,1-2H3/t8-,9+/m1/s1. The molecule has 1 fully saturated rings. The second-order valence-corrected chi connectivity index (χ2v) is 4.74. The smallest absolute Gasteiger partial charge is 0.0433 e. The van der Waals surface area contributed by atoms with Gasteiger partial charge in [0.25, 0.3) is 0 Å². The van der Waals surface area contributed by atoms with Gasteiger partial charge in [0.15, 0.2) is 0 Å². The van der Waals surface area contributed by atoms with Crippen molar-refractivity contribution >= 4 is 11.6 Å². The summed E-state index contributed by atoms with van der Waals surface area (Å²) in [7, 11) is 0. The van der Waals surface area contributed by atoms with Crippen LogP contribution in [0.15, 0.2) is 11.6 Å². The highest BCUT2D eigenvalue weighted by molar-refractivity contribution is 6.19. The zero-order valence-corrected chi connectivity index (χ0v) is 7.99. The van der Waals surface area contributed by atoms with Crippen molar-refractivity contribution in [3.8, 4) is 0 Å². The number of hydrogen-bond donors (Lipinski definition) is 0. The molecule has 0 spiro atoms. The van der Waals surface area contributed by atoms with E-state index >= 15 is 0 Å². The van der Waals surface area contributed by atoms with E-state index in [1.807, 2.05) is 0 Å². The maximum atomic E-state index is 5.79. The van der Waals surface area contributed by atoms with Crippen LogP contribution in [-0.2, 0) is 0 Å². The molecule has 0 nitrogen and oxygen atoms in total. The van der Waals surface area contributed by atoms with E-state index in [1.165, 1.54) is 18.4 Å². The molecule has 2 aliphatic rings. The van der Waals surface area contributed by atoms with E-state index in [4.69, 9.17) is 11.6 Å². The van der Waals surface area contributed by atoms with Crippen LogP contribution in [0.1, 0.15) is 26.7 Å². The molecule has 62 valence electrons. The number of hydrogen-bond acceptors (Lipinski definition) is 0. The van der Waals surface area contributed by atoms with Crippen molar-refractivity contribution in [2.24, 2.45) is 17.3 Å². The minimum Gasteiger partial charge on any atom is -0.122 e. The highest BCUT2D eigenvalue weighted by Gasteiger charge is 2.57. The van der Waals surface area contributed by atoms with Crippen molar-refractivity contribution in [1.29, 1.82) is 0 Å². The van der Waals surface area contributed by atoms with Gasteiger partial charge < -0.3 is 0 Å². The number of alkyl halides is 1. The number of fused-ring (bicyclic) bond motifs is 1. The Morgan fingerprint density at radius 3 is 2.82 bits per heavy atom. The van der Waals surface area contributed by atoms with Gasteiger partial charge in [0.2, 0.25) is 0 Å². The second-order valence-electron chi connectivity index (χ2n) is 4.47. The third kappa shape index (κ3) is 1.03. The van der Waals surface area contributed by atoms with Gasteiger partial charge in [0, 0.05) is 5.88 Å². The summed E-state index contributed by atoms with van der Waals surface area (Å²) in [6, 6.07) is 0. The van der Waals surface area contributed by atoms with Gasteiger partial charge in [0.1, 0.15) is 0 Å². The van der Waals surface area contributed by atoms with Crippen LogP contribution in [0.3, 0.4) is 0 Å². The summed E-state index contributed by atoms with van der Waals surface area (Å²) in [6.07, 6.45) is 4.89. The summed E-state index contributed by atoms with van der Waals surface area (Å²) in [5.74, 6) is 2.66. The van der Waals surface area contributed by atoms with E-state index in [-0.39, 0.29) is 0 Å². The lowest BCUT2D eigenvalue weighted by atomic mass is 10.0. The lowest BCUT2D eigenvalue weighted by Gasteiger charge is -2.07. The van der Waals surface area contributed by atoms with Gasteiger partial charge in [-0.05, 0) is 30.1 Å². The Morgan fingerprint density at radius 2 is 2.27 bits per heavy atom. The molecule has 0 saturated heterocycles. The molecule has 0 radical (unpaired) electrons. The molecular weight excluding hydrogens is 156 g/mol. The van der Waals surface area contributed by atoms with Crippen molar-refractivity contribution in [3.63, 3.8) is 0 Å². The summed E-state index contributed by atoms with van der Waals surface area (Å²) in [6.45, 7) is 4.76. The normalized spacial score (nSPS) is 39.4. The first kappa shape index (κ1) is 7.67. The minimum atomic E-state index is 0.615. The first-order chi connectivity index (χ1) is 5.16. The molecule has 1 saturated carbocycles. The molecule has 0 heterocycles. The summed E-state index contributed by atoms with van der Waals surface area (Å²) in [5, 5.41) is 0. The lowest BCUT2D eigenvalue weighted by molar-refractivity contribution is 0.542. The molecule has 0 amide bonds. The quantitative estimate of drug-likeness (QED) is 0.419. The molecule has 2 rings (SSSR count). The highest BCUT2D eigenvalue weighted by Crippen LogP contribution is 2.64. The van der Waals surface area contributed by atoms with E-state index in [0.717, 1.165) is 17.7 Å². The highest BCUT2D eigenvalue weighted by atomic mass is 35.5. The molecule has 0 N–H and O–H groups in total. The molecule has 0 bridgehead atoms. The molecule has 0 aliphatic heterocycles. The largest absolute Gasteiger partial charge is 0.122 e. The fourth-order valence-corrected chi connectivity index (χ4v) is 2.72. The van der Waals surface area contributed by atoms with Crippen LogP contribution in [-0.4, -0.2) is 5.88 Å². The zero-order chi connectivity index (χ0) is 8.06. The summed E-state index contributed by atoms with van der Waals surface area (Å²) < 4.78 is 0. The van der Waals surface area contributed by atoms with Gasteiger partial charge >= 0.3 is 0 Å². The maximum absolute atomic E-state index is 5.79. The summed E-state index contributed by atoms with van der Waals surface area (Å²) >= 11 is 5.79. The van der Waals surface area contributed by atoms with Crippen molar-refractivity contribution in [2.45, 2.75) is 26.7 Å². The Labute approximate surface area is 73.6 Å². The van der Waals surface area contributed by atoms with Crippen LogP contribution in [0.25, 0.3) is 0 Å². The molecule has 2 aliphatic carbocycles. The Balaban J connectivity index is 2.06. The fraction of sp³-hybridized carbons (Fsp3) is 0.800. The predicted octanol–water partition coefficient (Wildman–Crippen LogP) is 3.22. The van der Waals surface area contributed by atoms with Gasteiger partial charge in [-0.15, -0.1) is 11.6 Å². The molecule has 0 aromatic rings. The molecule has 11 heavy (non-hydrogen) atoms. The van der Waals surface area contributed by atoms with E-state index in [1.54, 1.807) is 0 Å². The van der Waals surface area contributed by atoms with Gasteiger partial charge in [-0.25, -0.2) is 0 Å².